The number of nitrogens with one attached hydrogen (secondary N) is 1. The molecule has 1 unspecified atom stereocenters. The van der Waals surface area contributed by atoms with Gasteiger partial charge in [0.05, 0.1) is 0 Å². The fraction of sp³-hybridized carbons (Fsp3) is 0.269. The second-order valence-electron chi connectivity index (χ2n) is 8.26. The smallest absolute Gasteiger partial charge is 0.323 e. The Morgan fingerprint density at radius 3 is 2.82 bits per heavy atom. The number of piperidine rings is 1. The van der Waals surface area contributed by atoms with E-state index >= 15 is 0 Å². The first kappa shape index (κ1) is 21.0. The lowest BCUT2D eigenvalue weighted by molar-refractivity contribution is 0.148. The van der Waals surface area contributed by atoms with Crippen LogP contribution in [0.5, 0.6) is 11.5 Å². The van der Waals surface area contributed by atoms with E-state index in [2.05, 4.69) is 39.8 Å². The summed E-state index contributed by atoms with van der Waals surface area (Å²) >= 11 is 0. The molecule has 2 aliphatic heterocycles. The maximum Gasteiger partial charge on any atom is 0.323 e. The summed E-state index contributed by atoms with van der Waals surface area (Å²) in [5.41, 5.74) is 3.67. The predicted octanol–water partition coefficient (Wildman–Crippen LogP) is 4.57. The zero-order valence-electron chi connectivity index (χ0n) is 18.3. The molecule has 33 heavy (non-hydrogen) atoms. The van der Waals surface area contributed by atoms with Crippen LogP contribution in [0.4, 0.5) is 10.6 Å². The first-order valence-electron chi connectivity index (χ1n) is 11.2. The van der Waals surface area contributed by atoms with Gasteiger partial charge in [0.15, 0.2) is 5.82 Å². The van der Waals surface area contributed by atoms with Crippen molar-refractivity contribution in [1.82, 2.24) is 15.1 Å². The number of urea groups is 1. The molecule has 0 aliphatic carbocycles. The third kappa shape index (κ3) is 5.31. The lowest BCUT2D eigenvalue weighted by Gasteiger charge is -2.28. The van der Waals surface area contributed by atoms with Crippen LogP contribution in [-0.4, -0.2) is 46.9 Å². The molecule has 0 radical (unpaired) electrons. The van der Waals surface area contributed by atoms with Gasteiger partial charge in [-0.15, -0.1) is 5.10 Å². The van der Waals surface area contributed by atoms with Gasteiger partial charge in [-0.25, -0.2) is 4.79 Å². The van der Waals surface area contributed by atoms with Crippen molar-refractivity contribution in [2.24, 2.45) is 0 Å². The molecule has 1 saturated heterocycles. The van der Waals surface area contributed by atoms with Crippen LogP contribution in [0, 0.1) is 0 Å². The number of anilines is 1. The van der Waals surface area contributed by atoms with Crippen molar-refractivity contribution in [3.05, 3.63) is 83.6 Å². The molecule has 5 rings (SSSR count). The Labute approximate surface area is 193 Å². The Bertz CT molecular complexity index is 1110. The summed E-state index contributed by atoms with van der Waals surface area (Å²) in [6, 6.07) is 19.6. The zero-order chi connectivity index (χ0) is 22.5. The van der Waals surface area contributed by atoms with E-state index in [0.29, 0.717) is 25.5 Å². The van der Waals surface area contributed by atoms with Gasteiger partial charge >= 0.3 is 6.03 Å². The lowest BCUT2D eigenvalue weighted by Crippen LogP contribution is -2.39. The number of aromatic nitrogens is 2. The maximum absolute atomic E-state index is 12.4. The fourth-order valence-electron chi connectivity index (χ4n) is 4.16. The molecule has 0 saturated carbocycles. The topological polar surface area (TPSA) is 76.6 Å². The average molecular weight is 443 g/mol. The molecule has 1 fully saturated rings. The number of rotatable bonds is 5. The largest absolute Gasteiger partial charge is 0.490 e. The van der Waals surface area contributed by atoms with Crippen molar-refractivity contribution < 1.29 is 14.3 Å². The Morgan fingerprint density at radius 2 is 2.00 bits per heavy atom. The van der Waals surface area contributed by atoms with Crippen LogP contribution in [0.3, 0.4) is 0 Å². The predicted molar refractivity (Wildman–Crippen MR) is 126 cm³/mol. The van der Waals surface area contributed by atoms with Crippen molar-refractivity contribution in [3.8, 4) is 11.5 Å². The molecule has 7 nitrogen and oxygen atoms in total. The van der Waals surface area contributed by atoms with Crippen molar-refractivity contribution >= 4 is 17.9 Å². The van der Waals surface area contributed by atoms with Crippen LogP contribution in [0.25, 0.3) is 6.08 Å². The number of ether oxygens (including phenoxy) is 2. The monoisotopic (exact) mass is 442 g/mol. The molecule has 3 aromatic rings. The van der Waals surface area contributed by atoms with Crippen molar-refractivity contribution in [2.75, 3.05) is 25.0 Å². The number of hydrogen-bond donors (Lipinski definition) is 1. The number of likely N-dealkylation sites (tertiary alicyclic amines) is 1. The molecule has 0 spiro atoms. The average Bonchev–Trinajstić information content (AvgIpc) is 3.27. The highest BCUT2D eigenvalue weighted by molar-refractivity contribution is 5.88. The van der Waals surface area contributed by atoms with E-state index in [9.17, 15) is 4.79 Å². The number of fused-ring (bicyclic) bond motifs is 1. The summed E-state index contributed by atoms with van der Waals surface area (Å²) in [5, 5.41) is 10.5. The summed E-state index contributed by atoms with van der Waals surface area (Å²) in [5.74, 6) is 2.26. The Hall–Kier alpha value is -3.87. The quantitative estimate of drug-likeness (QED) is 0.626. The van der Waals surface area contributed by atoms with E-state index < -0.39 is 0 Å². The van der Waals surface area contributed by atoms with E-state index in [4.69, 9.17) is 9.47 Å². The number of carbonyl (C=O) groups is 1. The van der Waals surface area contributed by atoms with E-state index in [1.165, 1.54) is 11.1 Å². The lowest BCUT2D eigenvalue weighted by atomic mass is 10.0. The van der Waals surface area contributed by atoms with Gasteiger partial charge in [0.2, 0.25) is 0 Å². The second kappa shape index (κ2) is 9.73. The summed E-state index contributed by atoms with van der Waals surface area (Å²) in [4.78, 5) is 14.2. The molecule has 1 aromatic heterocycles. The van der Waals surface area contributed by atoms with Crippen LogP contribution in [0.1, 0.15) is 24.0 Å². The van der Waals surface area contributed by atoms with Gasteiger partial charge in [-0.2, -0.15) is 5.10 Å². The van der Waals surface area contributed by atoms with Crippen LogP contribution < -0.4 is 14.8 Å². The second-order valence-corrected chi connectivity index (χ2v) is 8.26. The highest BCUT2D eigenvalue weighted by atomic mass is 16.5. The highest BCUT2D eigenvalue weighted by Crippen LogP contribution is 2.29. The molecule has 1 N–H and O–H groups in total. The van der Waals surface area contributed by atoms with Crippen molar-refractivity contribution in [3.63, 3.8) is 0 Å². The SMILES string of the molecule is O=C(Nc1cccnn1)N1CCC(=Cc2cccc(OCC3Cc4ccccc4O3)c2)CC1. The molecule has 2 aromatic carbocycles. The summed E-state index contributed by atoms with van der Waals surface area (Å²) in [6.45, 7) is 1.87. The Kier molecular flexibility index (Phi) is 6.19. The molecular weight excluding hydrogens is 416 g/mol. The summed E-state index contributed by atoms with van der Waals surface area (Å²) < 4.78 is 12.0. The van der Waals surface area contributed by atoms with Gasteiger partial charge < -0.3 is 14.4 Å². The Morgan fingerprint density at radius 1 is 1.12 bits per heavy atom. The van der Waals surface area contributed by atoms with Gasteiger partial charge in [0, 0.05) is 25.7 Å². The number of hydrogen-bond acceptors (Lipinski definition) is 5. The standard InChI is InChI=1S/C26H26N4O3/c31-26(28-25-9-4-12-27-29-25)30-13-10-19(11-14-30)15-20-5-3-7-22(16-20)32-18-23-17-21-6-1-2-8-24(21)33-23/h1-9,12,15-16,23H,10-11,13-14,17-18H2,(H,28,29,31). The van der Waals surface area contributed by atoms with Gasteiger partial charge in [-0.1, -0.05) is 42.0 Å². The zero-order valence-corrected chi connectivity index (χ0v) is 18.3. The van der Waals surface area contributed by atoms with E-state index in [-0.39, 0.29) is 12.1 Å². The molecule has 168 valence electrons. The minimum atomic E-state index is -0.138. The fourth-order valence-corrected chi connectivity index (χ4v) is 4.16. The summed E-state index contributed by atoms with van der Waals surface area (Å²) in [7, 11) is 0. The van der Waals surface area contributed by atoms with Crippen LogP contribution in [0.15, 0.2) is 72.4 Å². The number of nitrogens with zero attached hydrogens (tertiary/aromatic N) is 3. The molecule has 1 atom stereocenters. The van der Waals surface area contributed by atoms with Crippen LogP contribution in [-0.2, 0) is 6.42 Å². The van der Waals surface area contributed by atoms with Gasteiger partial charge in [0.1, 0.15) is 24.2 Å². The molecule has 0 bridgehead atoms. The Balaban J connectivity index is 1.12. The number of carbonyl (C=O) groups excluding carboxylic acids is 1. The normalized spacial score (nSPS) is 17.2. The molecular formula is C26H26N4O3. The van der Waals surface area contributed by atoms with Crippen molar-refractivity contribution in [1.29, 1.82) is 0 Å². The van der Waals surface area contributed by atoms with Crippen LogP contribution in [0.2, 0.25) is 0 Å². The maximum atomic E-state index is 12.4. The molecule has 2 amide bonds. The number of para-hydroxylation sites is 1. The van der Waals surface area contributed by atoms with Gasteiger partial charge in [-0.05, 0) is 54.3 Å². The molecule has 2 aliphatic rings. The first-order chi connectivity index (χ1) is 16.2. The third-order valence-corrected chi connectivity index (χ3v) is 5.88. The van der Waals surface area contributed by atoms with E-state index in [1.54, 1.807) is 18.3 Å². The van der Waals surface area contributed by atoms with Gasteiger partial charge in [0.25, 0.3) is 0 Å². The highest BCUT2D eigenvalue weighted by Gasteiger charge is 2.23. The molecule has 3 heterocycles. The molecule has 7 heteroatoms. The van der Waals surface area contributed by atoms with E-state index in [1.807, 2.05) is 35.2 Å². The minimum absolute atomic E-state index is 0.0433. The number of amides is 2. The summed E-state index contributed by atoms with van der Waals surface area (Å²) in [6.07, 6.45) is 6.38. The first-order valence-corrected chi connectivity index (χ1v) is 11.2. The third-order valence-electron chi connectivity index (χ3n) is 5.88. The van der Waals surface area contributed by atoms with Crippen LogP contribution >= 0.6 is 0 Å². The van der Waals surface area contributed by atoms with Gasteiger partial charge in [-0.3, -0.25) is 5.32 Å². The minimum Gasteiger partial charge on any atom is -0.490 e. The van der Waals surface area contributed by atoms with E-state index in [0.717, 1.165) is 36.3 Å². The number of benzene rings is 2. The van der Waals surface area contributed by atoms with Crippen molar-refractivity contribution in [2.45, 2.75) is 25.4 Å².